The number of hydrogen-bond acceptors (Lipinski definition) is 1. The van der Waals surface area contributed by atoms with E-state index in [1.165, 1.54) is 109 Å². The Morgan fingerprint density at radius 3 is 1.32 bits per heavy atom. The monoisotopic (exact) mass is 712 g/mol. The van der Waals surface area contributed by atoms with Crippen LogP contribution in [-0.4, -0.2) is 5.11 Å². The first-order valence-corrected chi connectivity index (χ1v) is 19.6. The molecule has 1 heteroatoms. The quantitative estimate of drug-likeness (QED) is 0.142. The largest absolute Gasteiger partial charge is 0.386 e. The maximum Gasteiger partial charge on any atom is 0.0846 e. The highest BCUT2D eigenvalue weighted by Crippen LogP contribution is 2.55. The summed E-state index contributed by atoms with van der Waals surface area (Å²) in [5.74, 6) is 0. The standard InChI is InChI=1S/C55H36O/c1-55(2,56)49-23-12-11-18-35(49)34-24-25-40-42-27-29-44-46-31-48-47(30-45(46)43-28-26-41(53(42)54(43)44)39-22-13-21-36(34)52(39)40)50(32-14-5-3-6-15-32)37-19-9-10-20-38(37)51(48)33-16-7-4-8-17-33/h3-31,56H,1-2H3. The zero-order valence-corrected chi connectivity index (χ0v) is 31.2. The van der Waals surface area contributed by atoms with Gasteiger partial charge >= 0.3 is 0 Å². The third-order valence-corrected chi connectivity index (χ3v) is 12.5. The maximum absolute atomic E-state index is 11.2. The molecule has 0 saturated heterocycles. The molecule has 1 aliphatic rings. The van der Waals surface area contributed by atoms with Crippen LogP contribution >= 0.6 is 0 Å². The molecule has 56 heavy (non-hydrogen) atoms. The minimum absolute atomic E-state index is 0.933. The molecule has 262 valence electrons. The molecule has 0 heterocycles. The van der Waals surface area contributed by atoms with Crippen molar-refractivity contribution in [2.75, 3.05) is 0 Å². The molecule has 1 N–H and O–H groups in total. The van der Waals surface area contributed by atoms with E-state index in [4.69, 9.17) is 0 Å². The molecule has 0 amide bonds. The van der Waals surface area contributed by atoms with Gasteiger partial charge in [0, 0.05) is 0 Å². The number of fused-ring (bicyclic) bond motifs is 7. The van der Waals surface area contributed by atoms with Crippen LogP contribution in [0.3, 0.4) is 0 Å². The van der Waals surface area contributed by atoms with Gasteiger partial charge in [-0.25, -0.2) is 0 Å². The lowest BCUT2D eigenvalue weighted by Gasteiger charge is -2.23. The molecule has 12 rings (SSSR count). The molecule has 0 unspecified atom stereocenters. The minimum Gasteiger partial charge on any atom is -0.386 e. The molecular weight excluding hydrogens is 677 g/mol. The van der Waals surface area contributed by atoms with Crippen molar-refractivity contribution in [1.82, 2.24) is 0 Å². The summed E-state index contributed by atoms with van der Waals surface area (Å²) >= 11 is 0. The van der Waals surface area contributed by atoms with Crippen LogP contribution in [0.5, 0.6) is 0 Å². The van der Waals surface area contributed by atoms with E-state index in [1.54, 1.807) is 0 Å². The second kappa shape index (κ2) is 11.4. The normalized spacial score (nSPS) is 12.6. The van der Waals surface area contributed by atoms with Crippen molar-refractivity contribution in [3.63, 3.8) is 0 Å². The Hall–Kier alpha value is -6.80. The van der Waals surface area contributed by atoms with E-state index in [1.807, 2.05) is 19.9 Å². The van der Waals surface area contributed by atoms with E-state index in [0.29, 0.717) is 0 Å². The van der Waals surface area contributed by atoms with Crippen molar-refractivity contribution >= 4 is 64.6 Å². The molecule has 0 atom stereocenters. The van der Waals surface area contributed by atoms with Gasteiger partial charge in [0.2, 0.25) is 0 Å². The van der Waals surface area contributed by atoms with Crippen molar-refractivity contribution in [2.24, 2.45) is 0 Å². The molecule has 0 radical (unpaired) electrons. The number of rotatable bonds is 4. The smallest absolute Gasteiger partial charge is 0.0846 e. The van der Waals surface area contributed by atoms with Gasteiger partial charge in [-0.3, -0.25) is 0 Å². The molecule has 1 aliphatic carbocycles. The maximum atomic E-state index is 11.2. The molecule has 0 fully saturated rings. The van der Waals surface area contributed by atoms with Crippen molar-refractivity contribution in [1.29, 1.82) is 0 Å². The summed E-state index contributed by atoms with van der Waals surface area (Å²) in [6.07, 6.45) is 0. The van der Waals surface area contributed by atoms with Crippen LogP contribution < -0.4 is 0 Å². The van der Waals surface area contributed by atoms with Crippen molar-refractivity contribution in [3.8, 4) is 55.6 Å². The van der Waals surface area contributed by atoms with Gasteiger partial charge in [-0.1, -0.05) is 164 Å². The Morgan fingerprint density at radius 2 is 0.750 bits per heavy atom. The Morgan fingerprint density at radius 1 is 0.304 bits per heavy atom. The fourth-order valence-corrected chi connectivity index (χ4v) is 10.2. The van der Waals surface area contributed by atoms with E-state index in [0.717, 1.165) is 16.7 Å². The summed E-state index contributed by atoms with van der Waals surface area (Å²) in [6.45, 7) is 3.75. The molecule has 0 aliphatic heterocycles. The SMILES string of the molecule is CC(C)(O)c1ccccc1-c1ccc2c3ccc4c5c(ccc(c6cccc1c62)c53)-c1cc2c(-c3ccccc3)c3ccccc3c(-c3ccccc3)c2cc1-4. The highest BCUT2D eigenvalue weighted by molar-refractivity contribution is 6.38. The highest BCUT2D eigenvalue weighted by Gasteiger charge is 2.28. The lowest BCUT2D eigenvalue weighted by molar-refractivity contribution is 0.0792. The van der Waals surface area contributed by atoms with Crippen LogP contribution in [-0.2, 0) is 5.60 Å². The van der Waals surface area contributed by atoms with Gasteiger partial charge in [0.05, 0.1) is 5.60 Å². The van der Waals surface area contributed by atoms with Gasteiger partial charge in [-0.05, 0) is 152 Å². The van der Waals surface area contributed by atoms with Gasteiger partial charge in [-0.2, -0.15) is 0 Å². The summed E-state index contributed by atoms with van der Waals surface area (Å²) in [4.78, 5) is 0. The second-order valence-corrected chi connectivity index (χ2v) is 16.0. The van der Waals surface area contributed by atoms with E-state index in [-0.39, 0.29) is 0 Å². The van der Waals surface area contributed by atoms with E-state index in [2.05, 4.69) is 170 Å². The average molecular weight is 713 g/mol. The van der Waals surface area contributed by atoms with Gasteiger partial charge in [-0.15, -0.1) is 0 Å². The number of aliphatic hydroxyl groups is 1. The van der Waals surface area contributed by atoms with Crippen molar-refractivity contribution < 1.29 is 5.11 Å². The Kier molecular flexibility index (Phi) is 6.40. The summed E-state index contributed by atoms with van der Waals surface area (Å²) in [6, 6.07) is 64.9. The molecule has 0 aromatic heterocycles. The van der Waals surface area contributed by atoms with Gasteiger partial charge in [0.1, 0.15) is 0 Å². The van der Waals surface area contributed by atoms with E-state index in [9.17, 15) is 5.11 Å². The third kappa shape index (κ3) is 4.24. The lowest BCUT2D eigenvalue weighted by Crippen LogP contribution is -2.16. The Balaban J connectivity index is 1.18. The fourth-order valence-electron chi connectivity index (χ4n) is 10.2. The van der Waals surface area contributed by atoms with Crippen LogP contribution in [0.1, 0.15) is 19.4 Å². The Bertz CT molecular complexity index is 3260. The summed E-state index contributed by atoms with van der Waals surface area (Å²) in [5.41, 5.74) is 12.4. The topological polar surface area (TPSA) is 20.2 Å². The van der Waals surface area contributed by atoms with Crippen LogP contribution in [0.4, 0.5) is 0 Å². The first-order chi connectivity index (χ1) is 27.5. The molecule has 0 bridgehead atoms. The van der Waals surface area contributed by atoms with E-state index >= 15 is 0 Å². The second-order valence-electron chi connectivity index (χ2n) is 16.0. The predicted octanol–water partition coefficient (Wildman–Crippen LogP) is 14.9. The van der Waals surface area contributed by atoms with Gasteiger partial charge in [0.25, 0.3) is 0 Å². The van der Waals surface area contributed by atoms with E-state index < -0.39 is 5.60 Å². The third-order valence-electron chi connectivity index (χ3n) is 12.5. The molecule has 0 spiro atoms. The van der Waals surface area contributed by atoms with Crippen LogP contribution in [0, 0.1) is 0 Å². The van der Waals surface area contributed by atoms with Gasteiger partial charge in [0.15, 0.2) is 0 Å². The van der Waals surface area contributed by atoms with Crippen molar-refractivity contribution in [2.45, 2.75) is 19.4 Å². The minimum atomic E-state index is -0.966. The zero-order valence-electron chi connectivity index (χ0n) is 31.2. The first-order valence-electron chi connectivity index (χ1n) is 19.6. The number of benzene rings is 11. The molecule has 11 aromatic rings. The van der Waals surface area contributed by atoms with Crippen LogP contribution in [0.25, 0.3) is 120 Å². The Labute approximate surface area is 325 Å². The zero-order chi connectivity index (χ0) is 37.3. The van der Waals surface area contributed by atoms with Crippen molar-refractivity contribution in [3.05, 3.63) is 181 Å². The van der Waals surface area contributed by atoms with Gasteiger partial charge < -0.3 is 5.11 Å². The molecule has 1 nitrogen and oxygen atoms in total. The molecule has 0 saturated carbocycles. The summed E-state index contributed by atoms with van der Waals surface area (Å²) in [5, 5.41) is 26.5. The average Bonchev–Trinajstić information content (AvgIpc) is 3.55. The van der Waals surface area contributed by atoms with Crippen LogP contribution in [0.15, 0.2) is 176 Å². The highest BCUT2D eigenvalue weighted by atomic mass is 16.3. The predicted molar refractivity (Wildman–Crippen MR) is 239 cm³/mol. The first kappa shape index (κ1) is 31.5. The molecular formula is C55H36O. The van der Waals surface area contributed by atoms with Crippen LogP contribution in [0.2, 0.25) is 0 Å². The summed E-state index contributed by atoms with van der Waals surface area (Å²) < 4.78 is 0. The number of hydrogen-bond donors (Lipinski definition) is 1. The lowest BCUT2D eigenvalue weighted by atomic mass is 9.83. The molecule has 11 aromatic carbocycles. The summed E-state index contributed by atoms with van der Waals surface area (Å²) in [7, 11) is 0. The fraction of sp³-hybridized carbons (Fsp3) is 0.0545.